The standard InChI is InChI=1S/C26H48O4.2K/c1-2-3-4-5-6-7-8-9-10-11-12-13-14-15-16-17-18-19-20-21-22-24(26(29)30)23-25(27)28;;/h21-22,24H,2-20,23H2,1H3,(H,27,28)(H,29,30);;/q;2*+1/p-2/b22-21+;;. The molecule has 0 amide bonds. The van der Waals surface area contributed by atoms with Crippen LogP contribution in [0.15, 0.2) is 12.2 Å². The number of hydrogen-bond acceptors (Lipinski definition) is 4. The van der Waals surface area contributed by atoms with E-state index in [0.717, 1.165) is 19.3 Å². The van der Waals surface area contributed by atoms with E-state index in [1.165, 1.54) is 109 Å². The predicted octanol–water partition coefficient (Wildman–Crippen LogP) is -0.511. The van der Waals surface area contributed by atoms with Crippen molar-refractivity contribution in [1.82, 2.24) is 0 Å². The number of unbranched alkanes of at least 4 members (excludes halogenated alkanes) is 18. The number of allylic oxidation sites excluding steroid dienone is 1. The van der Waals surface area contributed by atoms with Gasteiger partial charge in [0.15, 0.2) is 0 Å². The first-order valence-corrected chi connectivity index (χ1v) is 12.6. The molecule has 0 rings (SSSR count). The molecule has 0 aromatic carbocycles. The summed E-state index contributed by atoms with van der Waals surface area (Å²) in [6.07, 6.45) is 27.6. The number of rotatable bonds is 23. The zero-order valence-corrected chi connectivity index (χ0v) is 27.8. The van der Waals surface area contributed by atoms with Gasteiger partial charge in [-0.3, -0.25) is 0 Å². The van der Waals surface area contributed by atoms with E-state index in [1.807, 2.05) is 0 Å². The molecule has 0 bridgehead atoms. The molecule has 0 saturated heterocycles. The third kappa shape index (κ3) is 30.0. The first-order valence-electron chi connectivity index (χ1n) is 12.6. The Balaban J connectivity index is -0.00000420. The largest absolute Gasteiger partial charge is 1.00 e. The number of carboxylic acid groups (broad SMARTS) is 2. The van der Waals surface area contributed by atoms with Crippen LogP contribution in [-0.4, -0.2) is 11.9 Å². The van der Waals surface area contributed by atoms with Gasteiger partial charge in [-0.05, 0) is 19.3 Å². The maximum absolute atomic E-state index is 10.8. The molecule has 4 nitrogen and oxygen atoms in total. The van der Waals surface area contributed by atoms with Crippen LogP contribution in [0.3, 0.4) is 0 Å². The maximum Gasteiger partial charge on any atom is 1.00 e. The topological polar surface area (TPSA) is 80.3 Å². The minimum Gasteiger partial charge on any atom is -0.550 e. The zero-order valence-electron chi connectivity index (χ0n) is 21.5. The van der Waals surface area contributed by atoms with Crippen LogP contribution < -0.4 is 113 Å². The molecule has 0 aliphatic heterocycles. The molecule has 0 radical (unpaired) electrons. The van der Waals surface area contributed by atoms with Gasteiger partial charge >= 0.3 is 103 Å². The molecular weight excluding hydrogens is 454 g/mol. The molecule has 0 saturated carbocycles. The van der Waals surface area contributed by atoms with Crippen molar-refractivity contribution in [2.45, 2.75) is 135 Å². The molecule has 1 atom stereocenters. The molecule has 0 spiro atoms. The smallest absolute Gasteiger partial charge is 0.550 e. The summed E-state index contributed by atoms with van der Waals surface area (Å²) in [6.45, 7) is 2.27. The van der Waals surface area contributed by atoms with Gasteiger partial charge in [0.2, 0.25) is 0 Å². The van der Waals surface area contributed by atoms with Crippen LogP contribution in [0.5, 0.6) is 0 Å². The summed E-state index contributed by atoms with van der Waals surface area (Å²) in [5, 5.41) is 21.3. The van der Waals surface area contributed by atoms with Crippen molar-refractivity contribution < 1.29 is 123 Å². The van der Waals surface area contributed by atoms with Gasteiger partial charge in [0.1, 0.15) is 0 Å². The maximum atomic E-state index is 10.8. The molecule has 0 N–H and O–H groups in total. The van der Waals surface area contributed by atoms with Crippen molar-refractivity contribution in [3.8, 4) is 0 Å². The van der Waals surface area contributed by atoms with Crippen LogP contribution in [-0.2, 0) is 9.59 Å². The van der Waals surface area contributed by atoms with Crippen molar-refractivity contribution in [3.63, 3.8) is 0 Å². The van der Waals surface area contributed by atoms with E-state index in [-0.39, 0.29) is 103 Å². The minimum absolute atomic E-state index is 0. The molecule has 6 heteroatoms. The molecule has 176 valence electrons. The van der Waals surface area contributed by atoms with Crippen molar-refractivity contribution in [2.24, 2.45) is 5.92 Å². The van der Waals surface area contributed by atoms with Crippen molar-refractivity contribution in [2.75, 3.05) is 0 Å². The van der Waals surface area contributed by atoms with Gasteiger partial charge in [0.05, 0.1) is 0 Å². The Kier molecular flexibility index (Phi) is 37.3. The van der Waals surface area contributed by atoms with Gasteiger partial charge in [0.25, 0.3) is 0 Å². The third-order valence-corrected chi connectivity index (χ3v) is 5.78. The second-order valence-corrected chi connectivity index (χ2v) is 8.73. The van der Waals surface area contributed by atoms with E-state index in [9.17, 15) is 19.8 Å². The van der Waals surface area contributed by atoms with Crippen LogP contribution in [0.2, 0.25) is 0 Å². The Labute approximate surface area is 283 Å². The van der Waals surface area contributed by atoms with Crippen molar-refractivity contribution in [3.05, 3.63) is 12.2 Å². The van der Waals surface area contributed by atoms with E-state index < -0.39 is 24.3 Å². The molecule has 0 aromatic rings. The summed E-state index contributed by atoms with van der Waals surface area (Å²) < 4.78 is 0. The van der Waals surface area contributed by atoms with E-state index in [0.29, 0.717) is 0 Å². The molecule has 0 aliphatic carbocycles. The summed E-state index contributed by atoms with van der Waals surface area (Å²) in [5.74, 6) is -3.79. The molecule has 0 aliphatic rings. The normalized spacial score (nSPS) is 11.7. The monoisotopic (exact) mass is 500 g/mol. The second-order valence-electron chi connectivity index (χ2n) is 8.73. The Bertz CT molecular complexity index is 442. The molecular formula is C26H46K2O4. The van der Waals surface area contributed by atoms with Crippen LogP contribution in [0.25, 0.3) is 0 Å². The first kappa shape index (κ1) is 38.5. The van der Waals surface area contributed by atoms with E-state index in [4.69, 9.17) is 0 Å². The van der Waals surface area contributed by atoms with Gasteiger partial charge in [-0.25, -0.2) is 0 Å². The fraction of sp³-hybridized carbons (Fsp3) is 0.846. The summed E-state index contributed by atoms with van der Waals surface area (Å²) in [6, 6.07) is 0. The van der Waals surface area contributed by atoms with Gasteiger partial charge in [-0.1, -0.05) is 128 Å². The fourth-order valence-electron chi connectivity index (χ4n) is 3.83. The minimum atomic E-state index is -1.36. The van der Waals surface area contributed by atoms with Gasteiger partial charge in [-0.15, -0.1) is 0 Å². The third-order valence-electron chi connectivity index (χ3n) is 5.78. The number of hydrogen-bond donors (Lipinski definition) is 0. The van der Waals surface area contributed by atoms with E-state index >= 15 is 0 Å². The van der Waals surface area contributed by atoms with Crippen LogP contribution in [0.4, 0.5) is 0 Å². The number of aliphatic carboxylic acids is 2. The molecule has 32 heavy (non-hydrogen) atoms. The van der Waals surface area contributed by atoms with Crippen LogP contribution in [0.1, 0.15) is 135 Å². The quantitative estimate of drug-likeness (QED) is 0.108. The van der Waals surface area contributed by atoms with E-state index in [2.05, 4.69) is 6.92 Å². The fourth-order valence-corrected chi connectivity index (χ4v) is 3.83. The molecule has 0 fully saturated rings. The zero-order chi connectivity index (χ0) is 22.3. The SMILES string of the molecule is CCCCCCCCCCCCCCCCCCCC/C=C/C(CC(=O)[O-])C(=O)[O-].[K+].[K+]. The summed E-state index contributed by atoms with van der Waals surface area (Å²) in [4.78, 5) is 21.3. The second kappa shape index (κ2) is 31.0. The average Bonchev–Trinajstić information content (AvgIpc) is 2.71. The van der Waals surface area contributed by atoms with Gasteiger partial charge < -0.3 is 19.8 Å². The number of carbonyl (C=O) groups excluding carboxylic acids is 2. The molecule has 0 heterocycles. The van der Waals surface area contributed by atoms with Crippen molar-refractivity contribution >= 4 is 11.9 Å². The van der Waals surface area contributed by atoms with Gasteiger partial charge in [-0.2, -0.15) is 0 Å². The first-order chi connectivity index (χ1) is 14.6. The van der Waals surface area contributed by atoms with Gasteiger partial charge in [0, 0.05) is 17.9 Å². The molecule has 0 aromatic heterocycles. The van der Waals surface area contributed by atoms with Crippen LogP contribution in [0, 0.1) is 5.92 Å². The average molecular weight is 501 g/mol. The predicted molar refractivity (Wildman–Crippen MR) is 121 cm³/mol. The van der Waals surface area contributed by atoms with Crippen LogP contribution >= 0.6 is 0 Å². The summed E-state index contributed by atoms with van der Waals surface area (Å²) in [5.41, 5.74) is 0. The van der Waals surface area contributed by atoms with Crippen molar-refractivity contribution in [1.29, 1.82) is 0 Å². The Morgan fingerprint density at radius 1 is 0.625 bits per heavy atom. The Hall–Kier alpha value is 1.95. The Morgan fingerprint density at radius 3 is 1.28 bits per heavy atom. The molecule has 1 unspecified atom stereocenters. The Morgan fingerprint density at radius 2 is 0.969 bits per heavy atom. The number of carbonyl (C=O) groups is 2. The number of carboxylic acids is 2. The summed E-state index contributed by atoms with van der Waals surface area (Å²) in [7, 11) is 0. The van der Waals surface area contributed by atoms with E-state index in [1.54, 1.807) is 6.08 Å². The summed E-state index contributed by atoms with van der Waals surface area (Å²) >= 11 is 0.